The number of fused-ring (bicyclic) bond motifs is 2. The molecule has 2 aromatic rings. The Hall–Kier alpha value is -2.22. The van der Waals surface area contributed by atoms with Crippen molar-refractivity contribution in [3.63, 3.8) is 0 Å². The van der Waals surface area contributed by atoms with E-state index in [1.165, 1.54) is 4.90 Å². The van der Waals surface area contributed by atoms with E-state index >= 15 is 8.78 Å². The fraction of sp³-hybridized carbons (Fsp3) is 0.619. The van der Waals surface area contributed by atoms with Crippen molar-refractivity contribution in [2.24, 2.45) is 5.92 Å². The number of aliphatic hydroxyl groups is 1. The lowest BCUT2D eigenvalue weighted by molar-refractivity contribution is -0.160. The minimum Gasteiger partial charge on any atom is -0.444 e. The van der Waals surface area contributed by atoms with E-state index in [0.717, 1.165) is 22.9 Å². The Bertz CT molecular complexity index is 927. The molecule has 1 aliphatic carbocycles. The van der Waals surface area contributed by atoms with Crippen LogP contribution in [-0.2, 0) is 17.6 Å². The predicted octanol–water partition coefficient (Wildman–Crippen LogP) is 3.98. The number of halogens is 2. The number of carbonyl (C=O) groups excluding carboxylic acids is 1. The number of amides is 1. The van der Waals surface area contributed by atoms with Crippen LogP contribution < -0.4 is 0 Å². The predicted molar refractivity (Wildman–Crippen MR) is 104 cm³/mol. The van der Waals surface area contributed by atoms with Crippen LogP contribution in [0.15, 0.2) is 12.3 Å². The lowest BCUT2D eigenvalue weighted by Gasteiger charge is -2.39. The van der Waals surface area contributed by atoms with Crippen LogP contribution in [0.25, 0.3) is 10.9 Å². The third kappa shape index (κ3) is 3.58. The fourth-order valence-corrected chi connectivity index (χ4v) is 4.31. The van der Waals surface area contributed by atoms with Gasteiger partial charge in [-0.15, -0.1) is 0 Å². The number of nitrogens with one attached hydrogen (secondary N) is 1. The monoisotopic (exact) mass is 407 g/mol. The fourth-order valence-electron chi connectivity index (χ4n) is 4.31. The van der Waals surface area contributed by atoms with Gasteiger partial charge in [-0.25, -0.2) is 13.6 Å². The van der Waals surface area contributed by atoms with E-state index in [2.05, 4.69) is 10.2 Å². The van der Waals surface area contributed by atoms with Crippen molar-refractivity contribution >= 4 is 17.0 Å². The molecule has 0 spiro atoms. The maximum atomic E-state index is 15.3. The van der Waals surface area contributed by atoms with Gasteiger partial charge in [-0.3, -0.25) is 5.10 Å². The van der Waals surface area contributed by atoms with Crippen molar-refractivity contribution < 1.29 is 23.4 Å². The third-order valence-electron chi connectivity index (χ3n) is 5.95. The van der Waals surface area contributed by atoms with Crippen molar-refractivity contribution in [2.45, 2.75) is 64.1 Å². The summed E-state index contributed by atoms with van der Waals surface area (Å²) in [7, 11) is 0. The van der Waals surface area contributed by atoms with Crippen LogP contribution in [0.1, 0.15) is 56.4 Å². The number of aromatic nitrogens is 2. The highest BCUT2D eigenvalue weighted by molar-refractivity contribution is 5.85. The quantitative estimate of drug-likeness (QED) is 0.807. The van der Waals surface area contributed by atoms with Gasteiger partial charge in [0, 0.05) is 30.0 Å². The molecule has 29 heavy (non-hydrogen) atoms. The van der Waals surface area contributed by atoms with Gasteiger partial charge in [0.2, 0.25) is 0 Å². The van der Waals surface area contributed by atoms with Crippen LogP contribution in [0.5, 0.6) is 0 Å². The molecule has 8 heteroatoms. The zero-order chi connectivity index (χ0) is 21.0. The highest BCUT2D eigenvalue weighted by atomic mass is 19.3. The summed E-state index contributed by atoms with van der Waals surface area (Å²) in [4.78, 5) is 13.7. The SMILES string of the molecule is CC(C)(C)OC(=O)N1CCC(C(F)(F)[C@H](O)c2c3c(cc4cn[nH]c24)CC3)CC1. The second-order valence-corrected chi connectivity index (χ2v) is 9.08. The van der Waals surface area contributed by atoms with Crippen molar-refractivity contribution in [2.75, 3.05) is 13.1 Å². The number of aryl methyl sites for hydroxylation is 1. The van der Waals surface area contributed by atoms with Gasteiger partial charge in [-0.2, -0.15) is 5.10 Å². The molecular formula is C21H27F2N3O3. The van der Waals surface area contributed by atoms with Crippen molar-refractivity contribution in [1.29, 1.82) is 0 Å². The second-order valence-electron chi connectivity index (χ2n) is 9.08. The van der Waals surface area contributed by atoms with E-state index in [4.69, 9.17) is 4.74 Å². The number of hydrogen-bond acceptors (Lipinski definition) is 4. The number of carbonyl (C=O) groups is 1. The number of aromatic amines is 1. The van der Waals surface area contributed by atoms with Gasteiger partial charge in [0.25, 0.3) is 5.92 Å². The molecule has 1 amide bonds. The third-order valence-corrected chi connectivity index (χ3v) is 5.95. The van der Waals surface area contributed by atoms with Gasteiger partial charge in [0.1, 0.15) is 11.7 Å². The molecule has 0 radical (unpaired) electrons. The van der Waals surface area contributed by atoms with Gasteiger partial charge < -0.3 is 14.7 Å². The van der Waals surface area contributed by atoms with Gasteiger partial charge in [0.15, 0.2) is 0 Å². The van der Waals surface area contributed by atoms with Crippen molar-refractivity contribution in [3.05, 3.63) is 29.0 Å². The van der Waals surface area contributed by atoms with Crippen molar-refractivity contribution in [3.8, 4) is 0 Å². The first kappa shape index (κ1) is 20.1. The molecule has 1 aromatic heterocycles. The number of aliphatic hydroxyl groups excluding tert-OH is 1. The number of likely N-dealkylation sites (tertiary alicyclic amines) is 1. The molecule has 1 fully saturated rings. The molecule has 2 heterocycles. The van der Waals surface area contributed by atoms with Crippen LogP contribution in [0.4, 0.5) is 13.6 Å². The molecular weight excluding hydrogens is 380 g/mol. The van der Waals surface area contributed by atoms with E-state index in [9.17, 15) is 9.90 Å². The van der Waals surface area contributed by atoms with Crippen LogP contribution in [0.3, 0.4) is 0 Å². The molecule has 158 valence electrons. The van der Waals surface area contributed by atoms with E-state index in [1.54, 1.807) is 27.0 Å². The first-order chi connectivity index (χ1) is 13.6. The highest BCUT2D eigenvalue weighted by Gasteiger charge is 2.50. The smallest absolute Gasteiger partial charge is 0.410 e. The maximum absolute atomic E-state index is 15.3. The minimum atomic E-state index is -3.30. The Kier molecular flexibility index (Phi) is 4.80. The molecule has 1 aromatic carbocycles. The summed E-state index contributed by atoms with van der Waals surface area (Å²) >= 11 is 0. The number of piperidine rings is 1. The summed E-state index contributed by atoms with van der Waals surface area (Å²) in [5.74, 6) is -4.31. The van der Waals surface area contributed by atoms with Crippen LogP contribution >= 0.6 is 0 Å². The first-order valence-corrected chi connectivity index (χ1v) is 10.1. The molecule has 0 unspecified atom stereocenters. The molecule has 4 rings (SSSR count). The van der Waals surface area contributed by atoms with Gasteiger partial charge in [0.05, 0.1) is 11.7 Å². The van der Waals surface area contributed by atoms with E-state index in [-0.39, 0.29) is 31.5 Å². The Morgan fingerprint density at radius 2 is 2.00 bits per heavy atom. The molecule has 2 aliphatic rings. The standard InChI is InChI=1S/C21H27F2N3O3/c1-20(2,3)29-19(28)26-8-6-14(7-9-26)21(22,23)18(27)16-15-5-4-12(15)10-13-11-24-25-17(13)16/h10-11,14,18,27H,4-9H2,1-3H3,(H,24,25)/t18-/m1/s1. The van der Waals surface area contributed by atoms with Crippen LogP contribution in [0.2, 0.25) is 0 Å². The molecule has 0 saturated carbocycles. The van der Waals surface area contributed by atoms with Gasteiger partial charge in [-0.1, -0.05) is 0 Å². The lowest BCUT2D eigenvalue weighted by Crippen LogP contribution is -2.47. The molecule has 0 bridgehead atoms. The number of nitrogens with zero attached hydrogens (tertiary/aromatic N) is 2. The largest absolute Gasteiger partial charge is 0.444 e. The van der Waals surface area contributed by atoms with Gasteiger partial charge >= 0.3 is 6.09 Å². The Morgan fingerprint density at radius 3 is 2.59 bits per heavy atom. The summed E-state index contributed by atoms with van der Waals surface area (Å²) in [5, 5.41) is 18.3. The number of ether oxygens (including phenoxy) is 1. The summed E-state index contributed by atoms with van der Waals surface area (Å²) in [6.07, 6.45) is 0.957. The van der Waals surface area contributed by atoms with Crippen molar-refractivity contribution in [1.82, 2.24) is 15.1 Å². The average Bonchev–Trinajstić information content (AvgIpc) is 3.09. The van der Waals surface area contributed by atoms with E-state index < -0.39 is 29.6 Å². The Morgan fingerprint density at radius 1 is 1.31 bits per heavy atom. The number of H-pyrrole nitrogens is 1. The second kappa shape index (κ2) is 6.93. The molecule has 1 aliphatic heterocycles. The number of alkyl halides is 2. The number of hydrogen-bond donors (Lipinski definition) is 2. The highest BCUT2D eigenvalue weighted by Crippen LogP contribution is 2.47. The molecule has 2 N–H and O–H groups in total. The first-order valence-electron chi connectivity index (χ1n) is 10.1. The van der Waals surface area contributed by atoms with E-state index in [1.807, 2.05) is 6.07 Å². The normalized spacial score (nSPS) is 19.0. The lowest BCUT2D eigenvalue weighted by atomic mass is 9.78. The summed E-state index contributed by atoms with van der Waals surface area (Å²) < 4.78 is 36.0. The zero-order valence-corrected chi connectivity index (χ0v) is 17.0. The Labute approximate surface area is 168 Å². The number of rotatable bonds is 3. The minimum absolute atomic E-state index is 0.116. The van der Waals surface area contributed by atoms with Crippen LogP contribution in [0, 0.1) is 5.92 Å². The summed E-state index contributed by atoms with van der Waals surface area (Å²) in [5.41, 5.74) is 1.95. The zero-order valence-electron chi connectivity index (χ0n) is 17.0. The molecule has 6 nitrogen and oxygen atoms in total. The average molecular weight is 407 g/mol. The topological polar surface area (TPSA) is 78.4 Å². The molecule has 1 atom stereocenters. The summed E-state index contributed by atoms with van der Waals surface area (Å²) in [6.45, 7) is 5.69. The number of benzene rings is 1. The molecule has 1 saturated heterocycles. The van der Waals surface area contributed by atoms with Crippen LogP contribution in [-0.4, -0.2) is 50.9 Å². The van der Waals surface area contributed by atoms with Gasteiger partial charge in [-0.05, 0) is 63.6 Å². The maximum Gasteiger partial charge on any atom is 0.410 e. The van der Waals surface area contributed by atoms with E-state index in [0.29, 0.717) is 11.9 Å². The Balaban J connectivity index is 1.51. The summed E-state index contributed by atoms with van der Waals surface area (Å²) in [6, 6.07) is 1.95.